The lowest BCUT2D eigenvalue weighted by atomic mass is 9.96. The van der Waals surface area contributed by atoms with Gasteiger partial charge in [0.2, 0.25) is 0 Å². The Balaban J connectivity index is 1.78. The number of methoxy groups -OCH3 is 1. The summed E-state index contributed by atoms with van der Waals surface area (Å²) in [5.74, 6) is 0.289. The summed E-state index contributed by atoms with van der Waals surface area (Å²) >= 11 is 0. The van der Waals surface area contributed by atoms with E-state index in [1.807, 2.05) is 30.3 Å². The number of hydrogen-bond donors (Lipinski definition) is 1. The number of ketones is 1. The van der Waals surface area contributed by atoms with Crippen LogP contribution in [-0.2, 0) is 22.5 Å². The van der Waals surface area contributed by atoms with E-state index in [-0.39, 0.29) is 18.3 Å². The molecule has 28 heavy (non-hydrogen) atoms. The van der Waals surface area contributed by atoms with Gasteiger partial charge in [-0.2, -0.15) is 0 Å². The average Bonchev–Trinajstić information content (AvgIpc) is 3.07. The molecule has 0 bridgehead atoms. The smallest absolute Gasteiger partial charge is 0.188 e. The van der Waals surface area contributed by atoms with Crippen molar-refractivity contribution in [2.24, 2.45) is 0 Å². The maximum absolute atomic E-state index is 12.2. The normalized spacial score (nSPS) is 11.1. The van der Waals surface area contributed by atoms with Gasteiger partial charge in [-0.25, -0.2) is 0 Å². The topological polar surface area (TPSA) is 78.1 Å². The molecule has 0 amide bonds. The molecular formula is C22H24O6. The van der Waals surface area contributed by atoms with Crippen molar-refractivity contribution in [2.45, 2.75) is 26.4 Å². The first-order valence-corrected chi connectivity index (χ1v) is 9.12. The van der Waals surface area contributed by atoms with Crippen molar-refractivity contribution in [3.05, 3.63) is 59.4 Å². The largest absolute Gasteiger partial charge is 0.504 e. The van der Waals surface area contributed by atoms with Gasteiger partial charge >= 0.3 is 0 Å². The lowest BCUT2D eigenvalue weighted by molar-refractivity contribution is 0.0512. The second kappa shape index (κ2) is 9.39. The fourth-order valence-electron chi connectivity index (χ4n) is 3.14. The number of fused-ring (bicyclic) bond motifs is 1. The minimum atomic E-state index is -0.0970. The molecule has 2 aromatic carbocycles. The standard InChI is InChI=1S/C22H24O6/c1-15(23)18-11-20-21(19(24)13-27-20)22(28-14-25-2)17(18)9-6-10-26-12-16-7-4-3-5-8-16/h3-5,7-8,11,13,24H,6,9-10,12,14H2,1-2H3. The van der Waals surface area contributed by atoms with Gasteiger partial charge in [0, 0.05) is 24.8 Å². The summed E-state index contributed by atoms with van der Waals surface area (Å²) in [7, 11) is 1.51. The fraction of sp³-hybridized carbons (Fsp3) is 0.318. The van der Waals surface area contributed by atoms with Crippen molar-refractivity contribution in [2.75, 3.05) is 20.5 Å². The van der Waals surface area contributed by atoms with Gasteiger partial charge in [-0.3, -0.25) is 4.79 Å². The summed E-state index contributed by atoms with van der Waals surface area (Å²) < 4.78 is 21.8. The van der Waals surface area contributed by atoms with Crippen LogP contribution in [0.3, 0.4) is 0 Å². The summed E-state index contributed by atoms with van der Waals surface area (Å²) in [6.07, 6.45) is 2.49. The minimum absolute atomic E-state index is 0.00140. The zero-order valence-corrected chi connectivity index (χ0v) is 16.1. The number of Topliss-reactive ketones (excluding diaryl/α,β-unsaturated/α-hetero) is 1. The third-order valence-electron chi connectivity index (χ3n) is 4.43. The average molecular weight is 384 g/mol. The number of furan rings is 1. The molecule has 0 aliphatic heterocycles. The summed E-state index contributed by atoms with van der Waals surface area (Å²) in [5.41, 5.74) is 2.74. The molecule has 0 saturated heterocycles. The molecule has 6 heteroatoms. The van der Waals surface area contributed by atoms with Gasteiger partial charge in [0.1, 0.15) is 23.0 Å². The van der Waals surface area contributed by atoms with E-state index in [9.17, 15) is 9.90 Å². The molecule has 1 heterocycles. The lowest BCUT2D eigenvalue weighted by Crippen LogP contribution is -2.08. The Morgan fingerprint density at radius 2 is 2.00 bits per heavy atom. The highest BCUT2D eigenvalue weighted by atomic mass is 16.7. The molecule has 0 spiro atoms. The summed E-state index contributed by atoms with van der Waals surface area (Å²) in [5, 5.41) is 10.6. The number of rotatable bonds is 10. The predicted octanol–water partition coefficient (Wildman–Crippen LogP) is 4.47. The molecule has 0 unspecified atom stereocenters. The molecule has 0 aliphatic carbocycles. The monoisotopic (exact) mass is 384 g/mol. The van der Waals surface area contributed by atoms with Gasteiger partial charge in [0.25, 0.3) is 0 Å². The van der Waals surface area contributed by atoms with Crippen LogP contribution in [0.2, 0.25) is 0 Å². The number of benzene rings is 2. The highest BCUT2D eigenvalue weighted by Gasteiger charge is 2.22. The first-order valence-electron chi connectivity index (χ1n) is 9.12. The number of carbonyl (C=O) groups excluding carboxylic acids is 1. The SMILES string of the molecule is COCOc1c(CCCOCc2ccccc2)c(C(C)=O)cc2occ(O)c12. The maximum atomic E-state index is 12.2. The molecular weight excluding hydrogens is 360 g/mol. The van der Waals surface area contributed by atoms with E-state index < -0.39 is 0 Å². The van der Waals surface area contributed by atoms with Crippen molar-refractivity contribution in [1.29, 1.82) is 0 Å². The van der Waals surface area contributed by atoms with Gasteiger partial charge < -0.3 is 23.7 Å². The van der Waals surface area contributed by atoms with Gasteiger partial charge in [-0.05, 0) is 31.4 Å². The zero-order valence-electron chi connectivity index (χ0n) is 16.1. The van der Waals surface area contributed by atoms with E-state index in [1.165, 1.54) is 20.3 Å². The van der Waals surface area contributed by atoms with Crippen LogP contribution in [0.4, 0.5) is 0 Å². The van der Waals surface area contributed by atoms with Crippen LogP contribution in [0.25, 0.3) is 11.0 Å². The Morgan fingerprint density at radius 3 is 2.71 bits per heavy atom. The number of aromatic hydroxyl groups is 1. The van der Waals surface area contributed by atoms with E-state index in [1.54, 1.807) is 6.07 Å². The van der Waals surface area contributed by atoms with Crippen LogP contribution >= 0.6 is 0 Å². The fourth-order valence-corrected chi connectivity index (χ4v) is 3.14. The molecule has 3 aromatic rings. The van der Waals surface area contributed by atoms with Crippen LogP contribution in [0.15, 0.2) is 47.1 Å². The highest BCUT2D eigenvalue weighted by Crippen LogP contribution is 2.40. The summed E-state index contributed by atoms with van der Waals surface area (Å²) in [6.45, 7) is 2.57. The van der Waals surface area contributed by atoms with Crippen LogP contribution in [0.1, 0.15) is 34.8 Å². The van der Waals surface area contributed by atoms with Gasteiger partial charge in [-0.15, -0.1) is 0 Å². The van der Waals surface area contributed by atoms with Gasteiger partial charge in [-0.1, -0.05) is 30.3 Å². The second-order valence-electron chi connectivity index (χ2n) is 6.47. The second-order valence-corrected chi connectivity index (χ2v) is 6.47. The predicted molar refractivity (Wildman–Crippen MR) is 105 cm³/mol. The first-order chi connectivity index (χ1) is 13.6. The Bertz CT molecular complexity index is 929. The van der Waals surface area contributed by atoms with E-state index >= 15 is 0 Å². The quantitative estimate of drug-likeness (QED) is 0.316. The third kappa shape index (κ3) is 4.52. The van der Waals surface area contributed by atoms with E-state index in [0.29, 0.717) is 48.3 Å². The van der Waals surface area contributed by atoms with Crippen molar-refractivity contribution in [1.82, 2.24) is 0 Å². The molecule has 1 aromatic heterocycles. The molecule has 6 nitrogen and oxygen atoms in total. The summed E-state index contributed by atoms with van der Waals surface area (Å²) in [6, 6.07) is 11.6. The first kappa shape index (κ1) is 19.9. The van der Waals surface area contributed by atoms with Crippen molar-refractivity contribution < 1.29 is 28.5 Å². The Morgan fingerprint density at radius 1 is 1.21 bits per heavy atom. The van der Waals surface area contributed by atoms with Crippen LogP contribution < -0.4 is 4.74 Å². The molecule has 3 rings (SSSR count). The number of ether oxygens (including phenoxy) is 3. The Kier molecular flexibility index (Phi) is 6.68. The summed E-state index contributed by atoms with van der Waals surface area (Å²) in [4.78, 5) is 12.2. The highest BCUT2D eigenvalue weighted by molar-refractivity contribution is 6.03. The van der Waals surface area contributed by atoms with Crippen LogP contribution in [-0.4, -0.2) is 31.4 Å². The molecule has 0 atom stereocenters. The van der Waals surface area contributed by atoms with E-state index in [0.717, 1.165) is 11.1 Å². The van der Waals surface area contributed by atoms with Crippen molar-refractivity contribution in [3.63, 3.8) is 0 Å². The van der Waals surface area contributed by atoms with E-state index in [4.69, 9.17) is 18.6 Å². The Hall–Kier alpha value is -2.83. The molecule has 0 fully saturated rings. The molecule has 148 valence electrons. The number of hydrogen-bond acceptors (Lipinski definition) is 6. The molecule has 0 radical (unpaired) electrons. The molecule has 0 saturated carbocycles. The van der Waals surface area contributed by atoms with Crippen LogP contribution in [0, 0.1) is 0 Å². The van der Waals surface area contributed by atoms with Gasteiger partial charge in [0.15, 0.2) is 18.3 Å². The number of carbonyl (C=O) groups is 1. The van der Waals surface area contributed by atoms with E-state index in [2.05, 4.69) is 0 Å². The zero-order chi connectivity index (χ0) is 19.9. The van der Waals surface area contributed by atoms with Crippen molar-refractivity contribution in [3.8, 4) is 11.5 Å². The van der Waals surface area contributed by atoms with Crippen molar-refractivity contribution >= 4 is 16.8 Å². The molecule has 1 N–H and O–H groups in total. The Labute approximate surface area is 163 Å². The van der Waals surface area contributed by atoms with Gasteiger partial charge in [0.05, 0.1) is 6.61 Å². The minimum Gasteiger partial charge on any atom is -0.504 e. The lowest BCUT2D eigenvalue weighted by Gasteiger charge is -2.15. The molecule has 0 aliphatic rings. The maximum Gasteiger partial charge on any atom is 0.188 e. The third-order valence-corrected chi connectivity index (χ3v) is 4.43. The van der Waals surface area contributed by atoms with Crippen LogP contribution in [0.5, 0.6) is 11.5 Å².